The van der Waals surface area contributed by atoms with Crippen LogP contribution in [-0.4, -0.2) is 29.6 Å². The van der Waals surface area contributed by atoms with Gasteiger partial charge in [-0.05, 0) is 73.0 Å². The maximum atomic E-state index is 12.4. The largest absolute Gasteiger partial charge is 0.489 e. The first-order valence-electron chi connectivity index (χ1n) is 10.7. The Morgan fingerprint density at radius 2 is 1.88 bits per heavy atom. The van der Waals surface area contributed by atoms with Crippen LogP contribution in [0, 0.1) is 32.1 Å². The first-order valence-corrected chi connectivity index (χ1v) is 10.7. The first-order chi connectivity index (χ1) is 15.8. The van der Waals surface area contributed by atoms with Crippen LogP contribution >= 0.6 is 0 Å². The molecule has 0 fully saturated rings. The van der Waals surface area contributed by atoms with Gasteiger partial charge in [-0.25, -0.2) is 9.48 Å². The maximum Gasteiger partial charge on any atom is 0.368 e. The molecule has 0 aliphatic heterocycles. The molecule has 0 saturated carbocycles. The molecule has 33 heavy (non-hydrogen) atoms. The summed E-state index contributed by atoms with van der Waals surface area (Å²) in [5.74, 6) is 0.726. The van der Waals surface area contributed by atoms with Gasteiger partial charge >= 0.3 is 5.69 Å². The Morgan fingerprint density at radius 3 is 2.48 bits per heavy atom. The highest BCUT2D eigenvalue weighted by Crippen LogP contribution is 2.26. The predicted octanol–water partition coefficient (Wildman–Crippen LogP) is 3.09. The van der Waals surface area contributed by atoms with E-state index in [1.54, 1.807) is 11.7 Å². The van der Waals surface area contributed by atoms with Crippen LogP contribution in [0.15, 0.2) is 41.2 Å². The van der Waals surface area contributed by atoms with E-state index in [0.29, 0.717) is 16.9 Å². The molecule has 2 heterocycles. The minimum Gasteiger partial charge on any atom is -0.489 e. The number of rotatable bonds is 6. The first kappa shape index (κ1) is 22.0. The number of nitrogens with zero attached hydrogens (tertiary/aromatic N) is 7. The molecule has 0 aliphatic rings. The van der Waals surface area contributed by atoms with Gasteiger partial charge in [0, 0.05) is 12.6 Å². The highest BCUT2D eigenvalue weighted by molar-refractivity contribution is 5.48. The zero-order valence-electron chi connectivity index (χ0n) is 19.3. The number of benzene rings is 2. The van der Waals surface area contributed by atoms with Crippen molar-refractivity contribution in [2.24, 2.45) is 7.05 Å². The molecule has 2 aromatic carbocycles. The molecule has 0 N–H and O–H groups in total. The van der Waals surface area contributed by atoms with Crippen LogP contribution in [-0.2, 0) is 20.1 Å². The van der Waals surface area contributed by atoms with Gasteiger partial charge in [-0.15, -0.1) is 0 Å². The molecule has 168 valence electrons. The van der Waals surface area contributed by atoms with Crippen LogP contribution in [0.2, 0.25) is 0 Å². The van der Waals surface area contributed by atoms with E-state index in [-0.39, 0.29) is 12.3 Å². The lowest BCUT2D eigenvalue weighted by Crippen LogP contribution is -2.23. The molecule has 0 unspecified atom stereocenters. The van der Waals surface area contributed by atoms with Crippen LogP contribution in [0.4, 0.5) is 0 Å². The topological polar surface area (TPSA) is 104 Å². The lowest BCUT2D eigenvalue weighted by atomic mass is 10.0. The molecule has 0 bridgehead atoms. The molecule has 0 aliphatic carbocycles. The Morgan fingerprint density at radius 1 is 1.09 bits per heavy atom. The van der Waals surface area contributed by atoms with Crippen LogP contribution in [0.25, 0.3) is 11.4 Å². The number of aryl methyl sites for hydroxylation is 4. The average molecular weight is 444 g/mol. The van der Waals surface area contributed by atoms with Gasteiger partial charge in [0.1, 0.15) is 18.4 Å². The van der Waals surface area contributed by atoms with Gasteiger partial charge in [0.2, 0.25) is 0 Å². The summed E-state index contributed by atoms with van der Waals surface area (Å²) in [6.07, 6.45) is 0.790. The molecule has 0 amide bonds. The number of hydrogen-bond donors (Lipinski definition) is 0. The molecule has 9 nitrogen and oxygen atoms in total. The van der Waals surface area contributed by atoms with E-state index >= 15 is 0 Å². The van der Waals surface area contributed by atoms with E-state index in [9.17, 15) is 10.1 Å². The van der Waals surface area contributed by atoms with Gasteiger partial charge in [-0.1, -0.05) is 19.1 Å². The summed E-state index contributed by atoms with van der Waals surface area (Å²) >= 11 is 0. The third-order valence-electron chi connectivity index (χ3n) is 5.76. The van der Waals surface area contributed by atoms with Crippen molar-refractivity contribution in [1.82, 2.24) is 29.6 Å². The van der Waals surface area contributed by atoms with Gasteiger partial charge < -0.3 is 4.74 Å². The third kappa shape index (κ3) is 3.91. The number of ether oxygens (including phenoxy) is 1. The molecule has 9 heteroatoms. The molecular weight excluding hydrogens is 418 g/mol. The summed E-state index contributed by atoms with van der Waals surface area (Å²) in [5, 5.41) is 21.7. The maximum absolute atomic E-state index is 12.4. The van der Waals surface area contributed by atoms with E-state index in [1.165, 1.54) is 9.36 Å². The van der Waals surface area contributed by atoms with Gasteiger partial charge in [-0.2, -0.15) is 19.7 Å². The molecule has 0 spiro atoms. The standard InChI is InChI=1S/C24H25N7O2/c1-6-18-8-7-9-22(31-24(32)29(5)27-28-31)21(18)14-33-23-11-10-19(12-15(23)2)30-17(4)20(13-25)16(3)26-30/h7-12H,6,14H2,1-5H3. The summed E-state index contributed by atoms with van der Waals surface area (Å²) in [7, 11) is 1.57. The molecule has 0 saturated heterocycles. The van der Waals surface area contributed by atoms with Gasteiger partial charge in [-0.3, -0.25) is 0 Å². The highest BCUT2D eigenvalue weighted by Gasteiger charge is 2.16. The highest BCUT2D eigenvalue weighted by atomic mass is 16.5. The normalized spacial score (nSPS) is 10.9. The molecule has 2 aromatic heterocycles. The van der Waals surface area contributed by atoms with Crippen molar-refractivity contribution < 1.29 is 4.74 Å². The van der Waals surface area contributed by atoms with Crippen molar-refractivity contribution in [3.05, 3.63) is 80.5 Å². The summed E-state index contributed by atoms with van der Waals surface area (Å²) in [5.41, 5.74) is 6.22. The summed E-state index contributed by atoms with van der Waals surface area (Å²) in [6, 6.07) is 13.8. The van der Waals surface area contributed by atoms with Gasteiger partial charge in [0.25, 0.3) is 0 Å². The minimum absolute atomic E-state index is 0.279. The van der Waals surface area contributed by atoms with Crippen LogP contribution in [0.3, 0.4) is 0 Å². The number of nitriles is 1. The monoisotopic (exact) mass is 443 g/mol. The second-order valence-electron chi connectivity index (χ2n) is 7.87. The number of tetrazole rings is 1. The lowest BCUT2D eigenvalue weighted by Gasteiger charge is -2.16. The van der Waals surface area contributed by atoms with E-state index in [4.69, 9.17) is 4.74 Å². The quantitative estimate of drug-likeness (QED) is 0.454. The second-order valence-corrected chi connectivity index (χ2v) is 7.87. The summed E-state index contributed by atoms with van der Waals surface area (Å²) in [6.45, 7) is 8.02. The predicted molar refractivity (Wildman–Crippen MR) is 123 cm³/mol. The third-order valence-corrected chi connectivity index (χ3v) is 5.76. The fraction of sp³-hybridized carbons (Fsp3) is 0.292. The van der Waals surface area contributed by atoms with Gasteiger partial charge in [0.05, 0.1) is 28.3 Å². The van der Waals surface area contributed by atoms with Crippen LogP contribution < -0.4 is 10.4 Å². The number of hydrogen-bond acceptors (Lipinski definition) is 6. The number of aromatic nitrogens is 6. The van der Waals surface area contributed by atoms with Crippen molar-refractivity contribution in [1.29, 1.82) is 5.26 Å². The van der Waals surface area contributed by atoms with Crippen molar-refractivity contribution in [3.8, 4) is 23.2 Å². The van der Waals surface area contributed by atoms with E-state index in [1.807, 2.05) is 57.2 Å². The molecule has 0 radical (unpaired) electrons. The molecule has 4 aromatic rings. The summed E-state index contributed by atoms with van der Waals surface area (Å²) in [4.78, 5) is 12.4. The van der Waals surface area contributed by atoms with Crippen LogP contribution in [0.5, 0.6) is 5.75 Å². The SMILES string of the molecule is CCc1cccc(-n2nnn(C)c2=O)c1COc1ccc(-n2nc(C)c(C#N)c2C)cc1C. The van der Waals surface area contributed by atoms with E-state index in [0.717, 1.165) is 40.2 Å². The Labute approximate surface area is 191 Å². The smallest absolute Gasteiger partial charge is 0.368 e. The molecule has 0 atom stereocenters. The second kappa shape index (κ2) is 8.74. The molecular formula is C24H25N7O2. The average Bonchev–Trinajstić information content (AvgIpc) is 3.29. The van der Waals surface area contributed by atoms with Crippen molar-refractivity contribution in [2.75, 3.05) is 0 Å². The van der Waals surface area contributed by atoms with Crippen LogP contribution in [0.1, 0.15) is 40.6 Å². The Balaban J connectivity index is 1.65. The van der Waals surface area contributed by atoms with Gasteiger partial charge in [0.15, 0.2) is 0 Å². The Hall–Kier alpha value is -4.19. The zero-order chi connectivity index (χ0) is 23.7. The van der Waals surface area contributed by atoms with Crippen molar-refractivity contribution in [2.45, 2.75) is 40.7 Å². The molecule has 4 rings (SSSR count). The van der Waals surface area contributed by atoms with E-state index < -0.39 is 0 Å². The van der Waals surface area contributed by atoms with Crippen molar-refractivity contribution >= 4 is 0 Å². The lowest BCUT2D eigenvalue weighted by molar-refractivity contribution is 0.302. The minimum atomic E-state index is -0.313. The fourth-order valence-corrected chi connectivity index (χ4v) is 3.92. The Kier molecular flexibility index (Phi) is 5.84. The fourth-order valence-electron chi connectivity index (χ4n) is 3.92. The van der Waals surface area contributed by atoms with E-state index in [2.05, 4.69) is 28.5 Å². The zero-order valence-corrected chi connectivity index (χ0v) is 19.3. The Bertz CT molecular complexity index is 1440. The summed E-state index contributed by atoms with van der Waals surface area (Å²) < 4.78 is 10.5. The van der Waals surface area contributed by atoms with Crippen molar-refractivity contribution in [3.63, 3.8) is 0 Å².